The lowest BCUT2D eigenvalue weighted by molar-refractivity contribution is 0.420. The number of nitrogens with one attached hydrogen (secondary N) is 1. The summed E-state index contributed by atoms with van der Waals surface area (Å²) in [5.41, 5.74) is 4.23. The molecule has 0 amide bonds. The van der Waals surface area contributed by atoms with Gasteiger partial charge in [0.1, 0.15) is 0 Å². The molecule has 0 aliphatic rings. The van der Waals surface area contributed by atoms with E-state index in [0.717, 1.165) is 0 Å². The van der Waals surface area contributed by atoms with Crippen molar-refractivity contribution < 1.29 is 9.50 Å². The second-order valence-electron chi connectivity index (χ2n) is 5.21. The third-order valence-electron chi connectivity index (χ3n) is 3.57. The number of hydrogen-bond donors (Lipinski definition) is 2. The Morgan fingerprint density at radius 2 is 1.95 bits per heavy atom. The van der Waals surface area contributed by atoms with E-state index in [9.17, 15) is 9.50 Å². The van der Waals surface area contributed by atoms with Crippen LogP contribution in [-0.2, 0) is 6.54 Å². The summed E-state index contributed by atoms with van der Waals surface area (Å²) in [4.78, 5) is 0. The molecule has 0 heterocycles. The van der Waals surface area contributed by atoms with Crippen LogP contribution in [0.3, 0.4) is 0 Å². The van der Waals surface area contributed by atoms with Crippen molar-refractivity contribution in [1.29, 1.82) is 0 Å². The van der Waals surface area contributed by atoms with Gasteiger partial charge in [0.2, 0.25) is 0 Å². The second kappa shape index (κ2) is 6.06. The Hall–Kier alpha value is -1.87. The lowest BCUT2D eigenvalue weighted by Gasteiger charge is -2.18. The van der Waals surface area contributed by atoms with E-state index < -0.39 is 5.82 Å². The summed E-state index contributed by atoms with van der Waals surface area (Å²) in [6.45, 7) is 6.64. The van der Waals surface area contributed by atoms with Crippen molar-refractivity contribution in [3.8, 4) is 5.75 Å². The largest absolute Gasteiger partial charge is 0.505 e. The predicted octanol–water partition coefficient (Wildman–Crippen LogP) is 4.00. The van der Waals surface area contributed by atoms with E-state index in [1.54, 1.807) is 12.1 Å². The summed E-state index contributed by atoms with van der Waals surface area (Å²) in [6, 6.07) is 11.1. The number of halogens is 1. The zero-order chi connectivity index (χ0) is 14.7. The molecule has 0 bridgehead atoms. The highest BCUT2D eigenvalue weighted by Crippen LogP contribution is 2.23. The van der Waals surface area contributed by atoms with Gasteiger partial charge in [0.15, 0.2) is 11.6 Å². The zero-order valence-electron chi connectivity index (χ0n) is 12.1. The van der Waals surface area contributed by atoms with Crippen LogP contribution in [-0.4, -0.2) is 5.11 Å². The minimum Gasteiger partial charge on any atom is -0.505 e. The molecule has 20 heavy (non-hydrogen) atoms. The van der Waals surface area contributed by atoms with Crippen molar-refractivity contribution in [3.05, 3.63) is 64.5 Å². The van der Waals surface area contributed by atoms with Crippen LogP contribution in [0.2, 0.25) is 0 Å². The van der Waals surface area contributed by atoms with Gasteiger partial charge in [-0.25, -0.2) is 4.39 Å². The molecule has 1 unspecified atom stereocenters. The maximum Gasteiger partial charge on any atom is 0.165 e. The fraction of sp³-hybridized carbons (Fsp3) is 0.294. The van der Waals surface area contributed by atoms with Crippen LogP contribution in [0.25, 0.3) is 0 Å². The Bertz CT molecular complexity index is 610. The van der Waals surface area contributed by atoms with Gasteiger partial charge in [-0.1, -0.05) is 35.9 Å². The SMILES string of the molecule is Cc1ccc(C)c(C(C)NCc2cccc(F)c2O)c1. The highest BCUT2D eigenvalue weighted by atomic mass is 19.1. The molecule has 0 radical (unpaired) electrons. The quantitative estimate of drug-likeness (QED) is 0.882. The van der Waals surface area contributed by atoms with Gasteiger partial charge in [-0.05, 0) is 38.0 Å². The predicted molar refractivity (Wildman–Crippen MR) is 79.2 cm³/mol. The molecule has 0 aliphatic heterocycles. The van der Waals surface area contributed by atoms with Crippen LogP contribution in [0.15, 0.2) is 36.4 Å². The van der Waals surface area contributed by atoms with Gasteiger partial charge in [-0.3, -0.25) is 0 Å². The molecule has 2 aromatic carbocycles. The van der Waals surface area contributed by atoms with Gasteiger partial charge < -0.3 is 10.4 Å². The zero-order valence-corrected chi connectivity index (χ0v) is 12.1. The Labute approximate surface area is 119 Å². The molecule has 0 aliphatic carbocycles. The Morgan fingerprint density at radius 1 is 1.20 bits per heavy atom. The van der Waals surface area contributed by atoms with Crippen LogP contribution in [0.1, 0.15) is 35.2 Å². The van der Waals surface area contributed by atoms with Gasteiger partial charge in [0.25, 0.3) is 0 Å². The van der Waals surface area contributed by atoms with E-state index in [1.165, 1.54) is 22.8 Å². The first-order valence-corrected chi connectivity index (χ1v) is 6.76. The second-order valence-corrected chi connectivity index (χ2v) is 5.21. The Morgan fingerprint density at radius 3 is 2.70 bits per heavy atom. The summed E-state index contributed by atoms with van der Waals surface area (Å²) in [5.74, 6) is -0.850. The molecule has 2 nitrogen and oxygen atoms in total. The number of benzene rings is 2. The molecule has 2 aromatic rings. The minimum absolute atomic E-state index is 0.137. The minimum atomic E-state index is -0.580. The molecule has 0 saturated carbocycles. The molecule has 1 atom stereocenters. The van der Waals surface area contributed by atoms with Crippen LogP contribution < -0.4 is 5.32 Å². The third kappa shape index (κ3) is 3.17. The van der Waals surface area contributed by atoms with Crippen molar-refractivity contribution >= 4 is 0 Å². The molecule has 0 aromatic heterocycles. The third-order valence-corrected chi connectivity index (χ3v) is 3.57. The number of hydrogen-bond acceptors (Lipinski definition) is 2. The van der Waals surface area contributed by atoms with Crippen LogP contribution in [0.5, 0.6) is 5.75 Å². The topological polar surface area (TPSA) is 32.3 Å². The average molecular weight is 273 g/mol. The molecule has 2 N–H and O–H groups in total. The molecule has 0 fully saturated rings. The van der Waals surface area contributed by atoms with Crippen molar-refractivity contribution in [2.75, 3.05) is 0 Å². The molecular weight excluding hydrogens is 253 g/mol. The van der Waals surface area contributed by atoms with Gasteiger partial charge >= 0.3 is 0 Å². The molecule has 0 spiro atoms. The number of aryl methyl sites for hydroxylation is 2. The normalized spacial score (nSPS) is 12.4. The summed E-state index contributed by atoms with van der Waals surface area (Å²) in [7, 11) is 0. The van der Waals surface area contributed by atoms with E-state index in [1.807, 2.05) is 0 Å². The van der Waals surface area contributed by atoms with Crippen molar-refractivity contribution in [2.45, 2.75) is 33.4 Å². The Kier molecular flexibility index (Phi) is 4.40. The first kappa shape index (κ1) is 14.5. The van der Waals surface area contributed by atoms with Crippen molar-refractivity contribution in [1.82, 2.24) is 5.32 Å². The fourth-order valence-corrected chi connectivity index (χ4v) is 2.30. The first-order valence-electron chi connectivity index (χ1n) is 6.76. The number of phenolic OH excluding ortho intramolecular Hbond substituents is 1. The standard InChI is InChI=1S/C17H20FNO/c1-11-7-8-12(2)15(9-11)13(3)19-10-14-5-4-6-16(18)17(14)20/h4-9,13,19-20H,10H2,1-3H3. The first-order chi connectivity index (χ1) is 9.49. The monoisotopic (exact) mass is 273 g/mol. The number of phenols is 1. The fourth-order valence-electron chi connectivity index (χ4n) is 2.30. The number of aromatic hydroxyl groups is 1. The molecule has 0 saturated heterocycles. The van der Waals surface area contributed by atoms with Gasteiger partial charge in [0.05, 0.1) is 0 Å². The molecular formula is C17H20FNO. The summed E-state index contributed by atoms with van der Waals surface area (Å²) in [5, 5.41) is 13.0. The van der Waals surface area contributed by atoms with E-state index in [2.05, 4.69) is 44.3 Å². The van der Waals surface area contributed by atoms with Crippen molar-refractivity contribution in [2.24, 2.45) is 0 Å². The smallest absolute Gasteiger partial charge is 0.165 e. The number of rotatable bonds is 4. The van der Waals surface area contributed by atoms with E-state index >= 15 is 0 Å². The maximum absolute atomic E-state index is 13.3. The van der Waals surface area contributed by atoms with Crippen LogP contribution >= 0.6 is 0 Å². The van der Waals surface area contributed by atoms with Crippen molar-refractivity contribution in [3.63, 3.8) is 0 Å². The van der Waals surface area contributed by atoms with Gasteiger partial charge in [0, 0.05) is 18.2 Å². The van der Waals surface area contributed by atoms with Gasteiger partial charge in [-0.15, -0.1) is 0 Å². The summed E-state index contributed by atoms with van der Waals surface area (Å²) in [6.07, 6.45) is 0. The average Bonchev–Trinajstić information content (AvgIpc) is 2.43. The Balaban J connectivity index is 2.10. The highest BCUT2D eigenvalue weighted by molar-refractivity contribution is 5.35. The van der Waals surface area contributed by atoms with E-state index in [4.69, 9.17) is 0 Å². The van der Waals surface area contributed by atoms with Gasteiger partial charge in [-0.2, -0.15) is 0 Å². The van der Waals surface area contributed by atoms with E-state index in [0.29, 0.717) is 12.1 Å². The number of para-hydroxylation sites is 1. The lowest BCUT2D eigenvalue weighted by atomic mass is 10.00. The lowest BCUT2D eigenvalue weighted by Crippen LogP contribution is -2.19. The summed E-state index contributed by atoms with van der Waals surface area (Å²) >= 11 is 0. The maximum atomic E-state index is 13.3. The molecule has 2 rings (SSSR count). The van der Waals surface area contributed by atoms with Crippen LogP contribution in [0.4, 0.5) is 4.39 Å². The molecule has 3 heteroatoms. The van der Waals surface area contributed by atoms with E-state index in [-0.39, 0.29) is 11.8 Å². The molecule has 106 valence electrons. The summed E-state index contributed by atoms with van der Waals surface area (Å²) < 4.78 is 13.3. The van der Waals surface area contributed by atoms with Crippen LogP contribution in [0, 0.1) is 19.7 Å². The highest BCUT2D eigenvalue weighted by Gasteiger charge is 2.11.